The third-order valence-electron chi connectivity index (χ3n) is 23.7. The summed E-state index contributed by atoms with van der Waals surface area (Å²) >= 11 is 0. The van der Waals surface area contributed by atoms with Gasteiger partial charge in [-0.2, -0.15) is 0 Å². The summed E-state index contributed by atoms with van der Waals surface area (Å²) in [5.41, 5.74) is 30.1. The molecule has 2 spiro atoms. The van der Waals surface area contributed by atoms with Crippen LogP contribution < -0.4 is 4.90 Å². The van der Waals surface area contributed by atoms with Crippen molar-refractivity contribution < 1.29 is 8.83 Å². The van der Waals surface area contributed by atoms with E-state index in [9.17, 15) is 0 Å². The maximum atomic E-state index is 6.64. The Morgan fingerprint density at radius 3 is 1.60 bits per heavy atom. The highest BCUT2D eigenvalue weighted by Gasteiger charge is 2.66. The highest BCUT2D eigenvalue weighted by atomic mass is 16.3. The summed E-state index contributed by atoms with van der Waals surface area (Å²) in [7, 11) is 0. The SMILES string of the molecule is CC1CCCC2CCC(C2)c2cc3c(cc21)C1(c2cc4c(cc2-3)C2CC3CC5CC4CC35C2)c2ccccc2-c2c(N(c3ccc(-c4cccc5c4oc4ccccc45)cc3)c3ccc(-c4cccc5c4oc4ccccc45)cc3)cccc21. The summed E-state index contributed by atoms with van der Waals surface area (Å²) in [4.78, 5) is 2.56. The highest BCUT2D eigenvalue weighted by Crippen LogP contribution is 2.77. The fraction of sp³-hybridized carbons (Fsp3) is 0.259. The van der Waals surface area contributed by atoms with E-state index >= 15 is 0 Å². The maximum Gasteiger partial charge on any atom is 0.143 e. The van der Waals surface area contributed by atoms with E-state index in [2.05, 4.69) is 212 Å². The molecule has 0 amide bonds. The molecular weight excluding hydrogens is 1020 g/mol. The third kappa shape index (κ3) is 6.13. The van der Waals surface area contributed by atoms with Crippen LogP contribution in [0.2, 0.25) is 0 Å². The number of benzene rings is 10. The molecule has 3 heteroatoms. The number of hydrogen-bond acceptors (Lipinski definition) is 3. The Balaban J connectivity index is 0.815. The predicted molar refractivity (Wildman–Crippen MR) is 343 cm³/mol. The van der Waals surface area contributed by atoms with Gasteiger partial charge in [-0.1, -0.05) is 177 Å². The first-order chi connectivity index (χ1) is 41.5. The van der Waals surface area contributed by atoms with Crippen LogP contribution in [0.25, 0.3) is 88.4 Å². The average molecular weight is 1080 g/mol. The molecule has 0 radical (unpaired) electrons. The van der Waals surface area contributed by atoms with Gasteiger partial charge in [0.1, 0.15) is 22.3 Å². The molecule has 0 aliphatic heterocycles. The van der Waals surface area contributed by atoms with E-state index in [4.69, 9.17) is 8.83 Å². The van der Waals surface area contributed by atoms with E-state index < -0.39 is 5.41 Å². The molecule has 12 aromatic rings. The second-order valence-corrected chi connectivity index (χ2v) is 27.4. The number of para-hydroxylation sites is 4. The van der Waals surface area contributed by atoms with Crippen molar-refractivity contribution in [1.82, 2.24) is 0 Å². The molecular formula is C81H65NO2. The zero-order valence-electron chi connectivity index (χ0n) is 47.6. The minimum atomic E-state index is -0.479. The Morgan fingerprint density at radius 2 is 0.940 bits per heavy atom. The highest BCUT2D eigenvalue weighted by molar-refractivity contribution is 6.11. The second-order valence-electron chi connectivity index (χ2n) is 27.4. The molecule has 5 bridgehead atoms. The van der Waals surface area contributed by atoms with Gasteiger partial charge in [0.25, 0.3) is 0 Å². The van der Waals surface area contributed by atoms with Crippen molar-refractivity contribution in [3.63, 3.8) is 0 Å². The van der Waals surface area contributed by atoms with E-state index in [0.29, 0.717) is 29.1 Å². The van der Waals surface area contributed by atoms with Gasteiger partial charge in [-0.3, -0.25) is 0 Å². The van der Waals surface area contributed by atoms with Crippen LogP contribution >= 0.6 is 0 Å². The lowest BCUT2D eigenvalue weighted by Crippen LogP contribution is -2.41. The van der Waals surface area contributed by atoms with Crippen LogP contribution in [0.4, 0.5) is 17.1 Å². The van der Waals surface area contributed by atoms with Gasteiger partial charge >= 0.3 is 0 Å². The first-order valence-corrected chi connectivity index (χ1v) is 31.9. The van der Waals surface area contributed by atoms with Crippen LogP contribution in [0.3, 0.4) is 0 Å². The first-order valence-electron chi connectivity index (χ1n) is 31.9. The molecule has 20 rings (SSSR count). The molecule has 3 nitrogen and oxygen atoms in total. The molecule has 0 N–H and O–H groups in total. The number of furan rings is 2. The molecule has 0 saturated heterocycles. The molecule has 9 atom stereocenters. The molecule has 84 heavy (non-hydrogen) atoms. The number of fused-ring (bicyclic) bond motifs is 25. The van der Waals surface area contributed by atoms with Gasteiger partial charge < -0.3 is 13.7 Å². The van der Waals surface area contributed by atoms with Gasteiger partial charge in [-0.05, 0) is 219 Å². The van der Waals surface area contributed by atoms with Gasteiger partial charge in [0.2, 0.25) is 0 Å². The minimum absolute atomic E-state index is 0.479. The summed E-state index contributed by atoms with van der Waals surface area (Å²) in [6.07, 6.45) is 15.1. The Bertz CT molecular complexity index is 4640. The summed E-state index contributed by atoms with van der Waals surface area (Å²) < 4.78 is 13.3. The Kier molecular flexibility index (Phi) is 9.46. The monoisotopic (exact) mass is 1080 g/mol. The number of rotatable bonds is 5. The zero-order valence-corrected chi connectivity index (χ0v) is 47.6. The third-order valence-corrected chi connectivity index (χ3v) is 23.7. The van der Waals surface area contributed by atoms with Crippen molar-refractivity contribution in [3.05, 3.63) is 245 Å². The van der Waals surface area contributed by atoms with E-state index in [1.165, 1.54) is 121 Å². The van der Waals surface area contributed by atoms with Crippen molar-refractivity contribution in [3.8, 4) is 44.5 Å². The number of hydrogen-bond donors (Lipinski definition) is 0. The van der Waals surface area contributed by atoms with Crippen LogP contribution in [0.5, 0.6) is 0 Å². The quantitative estimate of drug-likeness (QED) is 0.172. The molecule has 406 valence electrons. The van der Waals surface area contributed by atoms with Gasteiger partial charge in [0.05, 0.1) is 11.1 Å². The molecule has 4 fully saturated rings. The number of anilines is 3. The fourth-order valence-electron chi connectivity index (χ4n) is 20.1. The van der Waals surface area contributed by atoms with Crippen LogP contribution in [0.15, 0.2) is 209 Å². The van der Waals surface area contributed by atoms with Crippen molar-refractivity contribution in [1.29, 1.82) is 0 Å². The normalized spacial score (nSPS) is 26.1. The maximum absolute atomic E-state index is 6.64. The van der Waals surface area contributed by atoms with Crippen LogP contribution in [0.1, 0.15) is 146 Å². The van der Waals surface area contributed by atoms with Gasteiger partial charge in [-0.25, -0.2) is 0 Å². The second kappa shape index (κ2) is 16.9. The van der Waals surface area contributed by atoms with Gasteiger partial charge in [0.15, 0.2) is 0 Å². The van der Waals surface area contributed by atoms with Crippen LogP contribution in [-0.2, 0) is 5.41 Å². The lowest BCUT2D eigenvalue weighted by Gasteiger charge is -2.48. The van der Waals surface area contributed by atoms with Crippen LogP contribution in [0, 0.1) is 23.2 Å². The minimum Gasteiger partial charge on any atom is -0.455 e. The standard InChI is InChI=1S/C81H65NO2/c1-46-12-8-13-47-26-27-50(36-47)65-40-68-69-41-66-51-37-53-39-54-38-52(45-80(53,54)44-51)67(66)43-73(69)81(72(68)42-64(46)65)70-21-5-2-16-63(70)77-71(81)22-11-23-74(77)82(55-32-28-48(29-33-55)57-17-9-19-61-59-14-3-6-24-75(59)83-78(57)61)56-34-30-49(31-35-56)58-18-10-20-62-60-15-4-7-25-76(60)84-79(58)62/h2-7,9-11,14-25,28-35,40-43,46-47,50-54H,8,12-13,26-27,36-39,44-45H2,1H3. The van der Waals surface area contributed by atoms with Crippen molar-refractivity contribution in [2.24, 2.45) is 23.2 Å². The number of nitrogens with zero attached hydrogens (tertiary/aromatic N) is 1. The van der Waals surface area contributed by atoms with Crippen molar-refractivity contribution in [2.75, 3.05) is 4.90 Å². The Hall–Kier alpha value is -8.40. The van der Waals surface area contributed by atoms with Gasteiger partial charge in [0, 0.05) is 49.6 Å². The van der Waals surface area contributed by atoms with E-state index in [1.807, 2.05) is 0 Å². The van der Waals surface area contributed by atoms with E-state index in [0.717, 1.165) is 95.3 Å². The zero-order chi connectivity index (χ0) is 54.7. The van der Waals surface area contributed by atoms with Crippen molar-refractivity contribution in [2.45, 2.75) is 107 Å². The smallest absolute Gasteiger partial charge is 0.143 e. The van der Waals surface area contributed by atoms with E-state index in [1.54, 1.807) is 22.3 Å². The summed E-state index contributed by atoms with van der Waals surface area (Å²) in [5.74, 6) is 5.24. The summed E-state index contributed by atoms with van der Waals surface area (Å²) in [6, 6.07) is 76.9. The fourth-order valence-corrected chi connectivity index (χ4v) is 20.1. The molecule has 8 aliphatic rings. The average Bonchev–Trinajstić information content (AvgIpc) is 1.57. The van der Waals surface area contributed by atoms with Crippen molar-refractivity contribution >= 4 is 60.9 Å². The predicted octanol–water partition coefficient (Wildman–Crippen LogP) is 22.2. The molecule has 2 aromatic heterocycles. The lowest BCUT2D eigenvalue weighted by atomic mass is 9.56. The summed E-state index contributed by atoms with van der Waals surface area (Å²) in [6.45, 7) is 2.57. The topological polar surface area (TPSA) is 29.5 Å². The van der Waals surface area contributed by atoms with Gasteiger partial charge in [-0.15, -0.1) is 0 Å². The van der Waals surface area contributed by atoms with E-state index in [-0.39, 0.29) is 0 Å². The first kappa shape index (κ1) is 47.0. The molecule has 2 heterocycles. The molecule has 10 aromatic carbocycles. The Morgan fingerprint density at radius 1 is 0.405 bits per heavy atom. The molecule has 4 saturated carbocycles. The summed E-state index contributed by atoms with van der Waals surface area (Å²) in [5, 5.41) is 4.58. The molecule has 9 unspecified atom stereocenters. The van der Waals surface area contributed by atoms with Crippen LogP contribution in [-0.4, -0.2) is 0 Å². The largest absolute Gasteiger partial charge is 0.455 e. The lowest BCUT2D eigenvalue weighted by molar-refractivity contribution is 0.00322. The molecule has 8 aliphatic carbocycles. The Labute approximate surface area is 491 Å².